The molecule has 0 saturated heterocycles. The number of thiophene rings is 1. The maximum absolute atomic E-state index is 12.0. The summed E-state index contributed by atoms with van der Waals surface area (Å²) in [6, 6.07) is 44.5. The molecule has 0 fully saturated rings. The topological polar surface area (TPSA) is 20.2 Å². The number of hydrogen-bond acceptors (Lipinski definition) is 2. The van der Waals surface area contributed by atoms with Crippen molar-refractivity contribution in [3.8, 4) is 0 Å². The molecule has 0 bridgehead atoms. The Morgan fingerprint density at radius 3 is 1.59 bits per heavy atom. The highest BCUT2D eigenvalue weighted by atomic mass is 127. The van der Waals surface area contributed by atoms with Crippen molar-refractivity contribution in [2.75, 3.05) is 0 Å². The quantitative estimate of drug-likeness (QED) is 0.173. The predicted octanol–water partition coefficient (Wildman–Crippen LogP) is 3.89. The largest absolute Gasteiger partial charge is 0.501 e. The van der Waals surface area contributed by atoms with Gasteiger partial charge in [-0.15, -0.1) is 11.3 Å². The van der Waals surface area contributed by atoms with Gasteiger partial charge in [-0.05, 0) is 47.8 Å². The van der Waals surface area contributed by atoms with Gasteiger partial charge in [0.15, 0.2) is 10.8 Å². The minimum atomic E-state index is -2.31. The Hall–Kier alpha value is -2.72. The van der Waals surface area contributed by atoms with Crippen LogP contribution in [-0.2, 0) is 0 Å². The fourth-order valence-corrected chi connectivity index (χ4v) is 15.4. The van der Waals surface area contributed by atoms with E-state index in [9.17, 15) is 5.11 Å². The normalized spacial score (nSPS) is 12.2. The molecule has 0 aliphatic rings. The van der Waals surface area contributed by atoms with Crippen molar-refractivity contribution in [2.24, 2.45) is 0 Å². The number of aliphatic hydroxyl groups excluding tert-OH is 1. The van der Waals surface area contributed by atoms with Gasteiger partial charge in [0.25, 0.3) is 0 Å². The third-order valence-corrected chi connectivity index (χ3v) is 15.6. The van der Waals surface area contributed by atoms with Crippen LogP contribution in [0.3, 0.4) is 0 Å². The van der Waals surface area contributed by atoms with Crippen LogP contribution in [0.1, 0.15) is 5.56 Å². The molecule has 0 aliphatic carbocycles. The average Bonchev–Trinajstić information content (AvgIpc) is 3.46. The summed E-state index contributed by atoms with van der Waals surface area (Å²) in [5.41, 5.74) is 0.875. The van der Waals surface area contributed by atoms with Crippen molar-refractivity contribution < 1.29 is 26.3 Å². The first-order valence-corrected chi connectivity index (χ1v) is 15.9. The van der Waals surface area contributed by atoms with Gasteiger partial charge in [-0.2, -0.15) is 0 Å². The van der Waals surface area contributed by atoms with E-state index in [2.05, 4.69) is 108 Å². The van der Waals surface area contributed by atoms with Crippen LogP contribution in [0.5, 0.6) is 0 Å². The van der Waals surface area contributed by atoms with Gasteiger partial charge in [0.2, 0.25) is 5.76 Å². The van der Waals surface area contributed by atoms with Gasteiger partial charge >= 0.3 is 24.5 Å². The summed E-state index contributed by atoms with van der Waals surface area (Å²) in [5.74, 6) is 0.421. The lowest BCUT2D eigenvalue weighted by atomic mass is 10.2. The van der Waals surface area contributed by atoms with Crippen LogP contribution in [0.2, 0.25) is 0 Å². The van der Waals surface area contributed by atoms with Gasteiger partial charge in [-0.1, -0.05) is 84.9 Å². The van der Waals surface area contributed by atoms with Gasteiger partial charge < -0.3 is 5.11 Å². The fraction of sp³-hybridized carbons (Fsp3) is 0. The second kappa shape index (κ2) is 10.7. The fourth-order valence-electron chi connectivity index (χ4n) is 4.10. The zero-order valence-electron chi connectivity index (χ0n) is 18.5. The summed E-state index contributed by atoms with van der Waals surface area (Å²) >= 11 is 1.05. The van der Waals surface area contributed by atoms with E-state index < -0.39 is 28.5 Å². The maximum atomic E-state index is 12.0. The molecule has 4 aromatic carbocycles. The third-order valence-electron chi connectivity index (χ3n) is 5.65. The van der Waals surface area contributed by atoms with Crippen LogP contribution in [-0.4, -0.2) is 5.11 Å². The van der Waals surface area contributed by atoms with Gasteiger partial charge in [-0.25, -0.2) is 0 Å². The minimum absolute atomic E-state index is 0.421. The number of hydrogen-bond donors (Lipinski definition) is 1. The summed E-state index contributed by atoms with van der Waals surface area (Å²) in [6.07, 6.45) is 0. The molecule has 166 valence electrons. The number of halogens is 1. The second-order valence-electron chi connectivity index (χ2n) is 7.72. The number of benzene rings is 4. The summed E-state index contributed by atoms with van der Waals surface area (Å²) in [4.78, 5) is 0. The monoisotopic (exact) mass is 590 g/mol. The second-order valence-corrected chi connectivity index (χ2v) is 15.6. The van der Waals surface area contributed by atoms with E-state index in [0.29, 0.717) is 5.76 Å². The van der Waals surface area contributed by atoms with Crippen LogP contribution in [0.25, 0.3) is 5.76 Å². The Morgan fingerprint density at radius 1 is 0.588 bits per heavy atom. The standard InChI is InChI=1S/C30H23IOPS/c32-29(24-13-5-1-6-14-24)30(31-25-15-7-2-8-16-25)33(28-21-22-34-23-28,26-17-9-3-10-18-26)27-19-11-4-12-20-27/h1-23H/q+1/p+1/b30-29-. The molecular formula is C30H24IOPS+2. The highest BCUT2D eigenvalue weighted by Gasteiger charge is 2.59. The molecule has 5 aromatic rings. The van der Waals surface area contributed by atoms with Crippen molar-refractivity contribution in [3.05, 3.63) is 151 Å². The molecule has 0 spiro atoms. The smallest absolute Gasteiger partial charge is 0.404 e. The van der Waals surface area contributed by atoms with E-state index in [1.165, 1.54) is 22.8 Å². The molecule has 0 aliphatic heterocycles. The van der Waals surface area contributed by atoms with Crippen molar-refractivity contribution in [1.29, 1.82) is 0 Å². The van der Waals surface area contributed by atoms with Crippen molar-refractivity contribution in [1.82, 2.24) is 0 Å². The first kappa shape index (κ1) is 23.0. The molecule has 0 radical (unpaired) electrons. The molecule has 0 saturated carbocycles. The first-order chi connectivity index (χ1) is 16.8. The Balaban J connectivity index is 1.90. The first-order valence-electron chi connectivity index (χ1n) is 11.0. The minimum Gasteiger partial charge on any atom is -0.501 e. The van der Waals surface area contributed by atoms with E-state index in [1.54, 1.807) is 11.3 Å². The maximum Gasteiger partial charge on any atom is 0.404 e. The molecule has 34 heavy (non-hydrogen) atoms. The Bertz CT molecular complexity index is 1310. The molecule has 0 unspecified atom stereocenters. The molecule has 1 N–H and O–H groups in total. The van der Waals surface area contributed by atoms with Gasteiger partial charge in [0, 0.05) is 10.9 Å². The average molecular weight is 590 g/mol. The third kappa shape index (κ3) is 4.48. The van der Waals surface area contributed by atoms with Crippen molar-refractivity contribution in [3.63, 3.8) is 0 Å². The van der Waals surface area contributed by atoms with E-state index in [4.69, 9.17) is 0 Å². The molecule has 0 atom stereocenters. The van der Waals surface area contributed by atoms with E-state index in [0.717, 1.165) is 5.56 Å². The molecule has 5 rings (SSSR count). The highest BCUT2D eigenvalue weighted by Crippen LogP contribution is 2.61. The molecule has 1 heterocycles. The molecule has 1 nitrogen and oxygen atoms in total. The number of aliphatic hydroxyl groups is 1. The summed E-state index contributed by atoms with van der Waals surface area (Å²) in [7, 11) is -2.31. The van der Waals surface area contributed by atoms with Gasteiger partial charge in [-0.3, -0.25) is 0 Å². The van der Waals surface area contributed by atoms with Gasteiger partial charge in [0.05, 0.1) is 0 Å². The van der Waals surface area contributed by atoms with Crippen molar-refractivity contribution in [2.45, 2.75) is 0 Å². The lowest BCUT2D eigenvalue weighted by Gasteiger charge is -2.23. The van der Waals surface area contributed by atoms with E-state index in [1.807, 2.05) is 30.3 Å². The summed E-state index contributed by atoms with van der Waals surface area (Å²) in [5, 5.41) is 20.3. The van der Waals surface area contributed by atoms with Crippen LogP contribution < -0.4 is 37.1 Å². The lowest BCUT2D eigenvalue weighted by Crippen LogP contribution is -3.61. The van der Waals surface area contributed by atoms with Crippen LogP contribution in [0.4, 0.5) is 0 Å². The predicted molar refractivity (Wildman–Crippen MR) is 144 cm³/mol. The Labute approximate surface area is 216 Å². The van der Waals surface area contributed by atoms with Crippen molar-refractivity contribution >= 4 is 40.3 Å². The Kier molecular flexibility index (Phi) is 7.24. The number of rotatable bonds is 7. The molecule has 4 heteroatoms. The SMILES string of the molecule is O/C(=C(/[I+]c1ccccc1)[P+](c1ccccc1)(c1ccccc1)c1ccsc1)c1ccccc1. The molecular weight excluding hydrogens is 566 g/mol. The molecule has 1 aromatic heterocycles. The Morgan fingerprint density at radius 2 is 1.09 bits per heavy atom. The van der Waals surface area contributed by atoms with E-state index >= 15 is 0 Å². The van der Waals surface area contributed by atoms with Crippen LogP contribution in [0, 0.1) is 3.57 Å². The van der Waals surface area contributed by atoms with Crippen LogP contribution >= 0.6 is 18.6 Å². The zero-order valence-corrected chi connectivity index (χ0v) is 22.3. The van der Waals surface area contributed by atoms with Gasteiger partial charge in [0.1, 0.15) is 15.9 Å². The highest BCUT2D eigenvalue weighted by molar-refractivity contribution is 7.99. The summed E-state index contributed by atoms with van der Waals surface area (Å²) in [6.45, 7) is 0. The van der Waals surface area contributed by atoms with Crippen LogP contribution in [0.15, 0.2) is 141 Å². The van der Waals surface area contributed by atoms with E-state index in [-0.39, 0.29) is 0 Å². The lowest BCUT2D eigenvalue weighted by molar-refractivity contribution is -0.565. The zero-order chi connectivity index (χ0) is 23.2. The summed E-state index contributed by atoms with van der Waals surface area (Å²) < 4.78 is 2.48. The molecule has 0 amide bonds.